The van der Waals surface area contributed by atoms with Crippen LogP contribution in [0.15, 0.2) is 22.7 Å². The average Bonchev–Trinajstić information content (AvgIpc) is 2.38. The molecular weight excluding hydrogens is 321 g/mol. The average molecular weight is 335 g/mol. The minimum atomic E-state index is -4.41. The number of ketones is 1. The van der Waals surface area contributed by atoms with Crippen LogP contribution >= 0.6 is 15.9 Å². The predicted octanol–water partition coefficient (Wildman–Crippen LogP) is 5.23. The van der Waals surface area contributed by atoms with Crippen LogP contribution in [0, 0.1) is 5.92 Å². The molecule has 1 aliphatic rings. The molecule has 1 aliphatic carbocycles. The number of halogens is 4. The molecule has 1 aromatic carbocycles. The Morgan fingerprint density at radius 1 is 1.16 bits per heavy atom. The molecule has 2 rings (SSSR count). The Morgan fingerprint density at radius 3 is 2.37 bits per heavy atom. The van der Waals surface area contributed by atoms with Gasteiger partial charge in [-0.3, -0.25) is 4.79 Å². The topological polar surface area (TPSA) is 17.1 Å². The van der Waals surface area contributed by atoms with Crippen LogP contribution in [0.3, 0.4) is 0 Å². The molecule has 1 aromatic rings. The van der Waals surface area contributed by atoms with E-state index in [0.717, 1.165) is 44.2 Å². The van der Waals surface area contributed by atoms with E-state index in [2.05, 4.69) is 15.9 Å². The van der Waals surface area contributed by atoms with Gasteiger partial charge in [-0.15, -0.1) is 0 Å². The van der Waals surface area contributed by atoms with Gasteiger partial charge >= 0.3 is 6.18 Å². The summed E-state index contributed by atoms with van der Waals surface area (Å²) in [5.74, 6) is -0.300. The minimum Gasteiger partial charge on any atom is -0.294 e. The summed E-state index contributed by atoms with van der Waals surface area (Å²) in [5, 5.41) is 0. The molecular formula is C14H14BrF3O. The summed E-state index contributed by atoms with van der Waals surface area (Å²) in [6.45, 7) is 0. The van der Waals surface area contributed by atoms with E-state index < -0.39 is 11.7 Å². The van der Waals surface area contributed by atoms with Gasteiger partial charge in [-0.2, -0.15) is 13.2 Å². The number of carbonyl (C=O) groups is 1. The highest BCUT2D eigenvalue weighted by Gasteiger charge is 2.32. The van der Waals surface area contributed by atoms with Crippen molar-refractivity contribution >= 4 is 21.7 Å². The van der Waals surface area contributed by atoms with Crippen molar-refractivity contribution in [2.24, 2.45) is 5.92 Å². The van der Waals surface area contributed by atoms with Crippen LogP contribution in [0.25, 0.3) is 0 Å². The van der Waals surface area contributed by atoms with Gasteiger partial charge < -0.3 is 0 Å². The molecule has 0 spiro atoms. The second-order valence-corrected chi connectivity index (χ2v) is 5.75. The van der Waals surface area contributed by atoms with E-state index in [4.69, 9.17) is 0 Å². The molecule has 104 valence electrons. The second kappa shape index (κ2) is 5.65. The highest BCUT2D eigenvalue weighted by molar-refractivity contribution is 9.10. The molecule has 1 nitrogen and oxygen atoms in total. The monoisotopic (exact) mass is 334 g/mol. The zero-order chi connectivity index (χ0) is 14.0. The lowest BCUT2D eigenvalue weighted by atomic mass is 9.83. The van der Waals surface area contributed by atoms with Gasteiger partial charge in [-0.25, -0.2) is 0 Å². The Morgan fingerprint density at radius 2 is 1.79 bits per heavy atom. The zero-order valence-corrected chi connectivity index (χ0v) is 11.9. The van der Waals surface area contributed by atoms with Gasteiger partial charge in [0.05, 0.1) is 5.56 Å². The summed E-state index contributed by atoms with van der Waals surface area (Å²) in [4.78, 5) is 12.3. The number of alkyl halides is 3. The van der Waals surface area contributed by atoms with Crippen LogP contribution in [0.2, 0.25) is 0 Å². The third-order valence-electron chi connectivity index (χ3n) is 3.54. The number of rotatable bonds is 2. The van der Waals surface area contributed by atoms with Crippen molar-refractivity contribution in [1.29, 1.82) is 0 Å². The fraction of sp³-hybridized carbons (Fsp3) is 0.500. The molecule has 0 radical (unpaired) electrons. The number of carbonyl (C=O) groups excluding carboxylic acids is 1. The lowest BCUT2D eigenvalue weighted by Crippen LogP contribution is -2.19. The first-order valence-corrected chi connectivity index (χ1v) is 7.10. The highest BCUT2D eigenvalue weighted by atomic mass is 79.9. The zero-order valence-electron chi connectivity index (χ0n) is 10.3. The van der Waals surface area contributed by atoms with E-state index in [-0.39, 0.29) is 17.3 Å². The highest BCUT2D eigenvalue weighted by Crippen LogP contribution is 2.34. The molecule has 0 N–H and O–H groups in total. The number of hydrogen-bond donors (Lipinski definition) is 0. The van der Waals surface area contributed by atoms with Gasteiger partial charge in [-0.1, -0.05) is 35.2 Å². The van der Waals surface area contributed by atoms with Crippen molar-refractivity contribution in [3.05, 3.63) is 33.8 Å². The lowest BCUT2D eigenvalue weighted by Gasteiger charge is -2.21. The van der Waals surface area contributed by atoms with Gasteiger partial charge in [0, 0.05) is 16.0 Å². The molecule has 19 heavy (non-hydrogen) atoms. The maximum atomic E-state index is 12.7. The van der Waals surface area contributed by atoms with Gasteiger partial charge in [0.25, 0.3) is 0 Å². The molecule has 0 bridgehead atoms. The van der Waals surface area contributed by atoms with Crippen molar-refractivity contribution in [3.63, 3.8) is 0 Å². The van der Waals surface area contributed by atoms with E-state index in [1.54, 1.807) is 0 Å². The molecule has 0 amide bonds. The van der Waals surface area contributed by atoms with Gasteiger partial charge in [0.15, 0.2) is 5.78 Å². The van der Waals surface area contributed by atoms with Crippen LogP contribution in [-0.2, 0) is 6.18 Å². The van der Waals surface area contributed by atoms with Crippen molar-refractivity contribution in [1.82, 2.24) is 0 Å². The van der Waals surface area contributed by atoms with Crippen molar-refractivity contribution in [2.45, 2.75) is 38.3 Å². The molecule has 1 saturated carbocycles. The lowest BCUT2D eigenvalue weighted by molar-refractivity contribution is -0.137. The standard InChI is InChI=1S/C14H14BrF3O/c15-12-7-6-10(14(16,17)18)8-11(12)13(19)9-4-2-1-3-5-9/h6-9H,1-5H2. The maximum absolute atomic E-state index is 12.7. The van der Waals surface area contributed by atoms with E-state index in [1.807, 2.05) is 0 Å². The third kappa shape index (κ3) is 3.38. The second-order valence-electron chi connectivity index (χ2n) is 4.89. The summed E-state index contributed by atoms with van der Waals surface area (Å²) in [5.41, 5.74) is -0.614. The van der Waals surface area contributed by atoms with E-state index in [0.29, 0.717) is 4.47 Å². The summed E-state index contributed by atoms with van der Waals surface area (Å²) < 4.78 is 38.5. The Kier molecular flexibility index (Phi) is 4.33. The molecule has 0 atom stereocenters. The van der Waals surface area contributed by atoms with Gasteiger partial charge in [0.2, 0.25) is 0 Å². The van der Waals surface area contributed by atoms with E-state index >= 15 is 0 Å². The van der Waals surface area contributed by atoms with Crippen LogP contribution in [-0.4, -0.2) is 5.78 Å². The minimum absolute atomic E-state index is 0.131. The number of hydrogen-bond acceptors (Lipinski definition) is 1. The van der Waals surface area contributed by atoms with Crippen molar-refractivity contribution in [3.8, 4) is 0 Å². The van der Waals surface area contributed by atoms with Crippen molar-refractivity contribution in [2.75, 3.05) is 0 Å². The third-order valence-corrected chi connectivity index (χ3v) is 4.23. The smallest absolute Gasteiger partial charge is 0.294 e. The van der Waals surface area contributed by atoms with Crippen LogP contribution in [0.4, 0.5) is 13.2 Å². The normalized spacial score (nSPS) is 17.5. The first-order valence-electron chi connectivity index (χ1n) is 6.30. The quantitative estimate of drug-likeness (QED) is 0.676. The molecule has 0 saturated heterocycles. The molecule has 0 aromatic heterocycles. The molecule has 1 fully saturated rings. The van der Waals surface area contributed by atoms with Crippen LogP contribution in [0.5, 0.6) is 0 Å². The van der Waals surface area contributed by atoms with E-state index in [9.17, 15) is 18.0 Å². The first-order chi connectivity index (χ1) is 8.89. The van der Waals surface area contributed by atoms with E-state index in [1.165, 1.54) is 6.07 Å². The Bertz CT molecular complexity index is 476. The fourth-order valence-electron chi connectivity index (χ4n) is 2.48. The molecule has 5 heteroatoms. The molecule has 0 heterocycles. The maximum Gasteiger partial charge on any atom is 0.416 e. The number of benzene rings is 1. The predicted molar refractivity (Wildman–Crippen MR) is 70.0 cm³/mol. The first kappa shape index (κ1) is 14.6. The summed E-state index contributed by atoms with van der Waals surface area (Å²) in [7, 11) is 0. The van der Waals surface area contributed by atoms with Gasteiger partial charge in [0.1, 0.15) is 0 Å². The SMILES string of the molecule is O=C(c1cc(C(F)(F)F)ccc1Br)C1CCCCC1. The van der Waals surface area contributed by atoms with Crippen LogP contribution in [0.1, 0.15) is 48.0 Å². The molecule has 0 aliphatic heterocycles. The Hall–Kier alpha value is -0.840. The molecule has 0 unspecified atom stereocenters. The summed E-state index contributed by atoms with van der Waals surface area (Å²) >= 11 is 3.18. The number of Topliss-reactive ketones (excluding diaryl/α,β-unsaturated/α-hetero) is 1. The summed E-state index contributed by atoms with van der Waals surface area (Å²) in [6, 6.07) is 3.25. The van der Waals surface area contributed by atoms with Crippen molar-refractivity contribution < 1.29 is 18.0 Å². The van der Waals surface area contributed by atoms with Gasteiger partial charge in [-0.05, 0) is 31.0 Å². The van der Waals surface area contributed by atoms with Crippen LogP contribution < -0.4 is 0 Å². The Labute approximate surface area is 118 Å². The largest absolute Gasteiger partial charge is 0.416 e. The Balaban J connectivity index is 2.30. The summed E-state index contributed by atoms with van der Waals surface area (Å²) in [6.07, 6.45) is 0.207. The fourth-order valence-corrected chi connectivity index (χ4v) is 2.92.